The number of nitrogens with one attached hydrogen (secondary N) is 2. The lowest BCUT2D eigenvalue weighted by Gasteiger charge is -2.17. The van der Waals surface area contributed by atoms with E-state index < -0.39 is 0 Å². The maximum absolute atomic E-state index is 11.5. The van der Waals surface area contributed by atoms with Crippen molar-refractivity contribution in [2.75, 3.05) is 40.3 Å². The predicted molar refractivity (Wildman–Crippen MR) is 59.3 cm³/mol. The summed E-state index contributed by atoms with van der Waals surface area (Å²) >= 11 is 0. The molecule has 0 aromatic heterocycles. The van der Waals surface area contributed by atoms with Crippen molar-refractivity contribution < 1.29 is 4.79 Å². The molecule has 0 saturated heterocycles. The van der Waals surface area contributed by atoms with Crippen molar-refractivity contribution in [2.24, 2.45) is 0 Å². The Morgan fingerprint density at radius 1 is 1.36 bits per heavy atom. The van der Waals surface area contributed by atoms with Crippen LogP contribution in [0.25, 0.3) is 0 Å². The van der Waals surface area contributed by atoms with Crippen LogP contribution in [-0.4, -0.2) is 51.1 Å². The number of carbonyl (C=O) groups excluding carboxylic acids is 1. The van der Waals surface area contributed by atoms with E-state index >= 15 is 0 Å². The van der Waals surface area contributed by atoms with Crippen LogP contribution in [0.15, 0.2) is 0 Å². The first-order valence-electron chi connectivity index (χ1n) is 5.31. The molecule has 0 saturated carbocycles. The average molecular weight is 201 g/mol. The van der Waals surface area contributed by atoms with E-state index in [9.17, 15) is 4.79 Å². The highest BCUT2D eigenvalue weighted by Gasteiger charge is 2.06. The number of likely N-dealkylation sites (N-methyl/N-ethyl adjacent to an activating group) is 1. The van der Waals surface area contributed by atoms with Gasteiger partial charge in [-0.3, -0.25) is 4.79 Å². The third-order valence-corrected chi connectivity index (χ3v) is 2.05. The zero-order valence-corrected chi connectivity index (χ0v) is 9.60. The maximum Gasteiger partial charge on any atom is 0.236 e. The number of hydrogen-bond acceptors (Lipinski definition) is 3. The zero-order chi connectivity index (χ0) is 10.8. The third-order valence-electron chi connectivity index (χ3n) is 2.05. The minimum atomic E-state index is 0.176. The maximum atomic E-state index is 11.5. The lowest BCUT2D eigenvalue weighted by Crippen LogP contribution is -2.37. The van der Waals surface area contributed by atoms with Gasteiger partial charge in [0.25, 0.3) is 0 Å². The Bertz CT molecular complexity index is 150. The van der Waals surface area contributed by atoms with Gasteiger partial charge in [0, 0.05) is 13.6 Å². The molecule has 0 bridgehead atoms. The lowest BCUT2D eigenvalue weighted by atomic mass is 10.3. The Hall–Kier alpha value is -0.610. The Morgan fingerprint density at radius 2 is 2.07 bits per heavy atom. The normalized spacial score (nSPS) is 10.2. The fourth-order valence-corrected chi connectivity index (χ4v) is 1.12. The quantitative estimate of drug-likeness (QED) is 0.546. The number of amides is 1. The summed E-state index contributed by atoms with van der Waals surface area (Å²) in [5, 5.41) is 6.16. The molecule has 0 unspecified atom stereocenters. The van der Waals surface area contributed by atoms with Crippen LogP contribution in [0.4, 0.5) is 0 Å². The van der Waals surface area contributed by atoms with Crippen LogP contribution >= 0.6 is 0 Å². The molecule has 0 radical (unpaired) electrons. The molecule has 84 valence electrons. The van der Waals surface area contributed by atoms with Gasteiger partial charge in [0.1, 0.15) is 0 Å². The summed E-state index contributed by atoms with van der Waals surface area (Å²) in [6.07, 6.45) is 2.07. The van der Waals surface area contributed by atoms with E-state index in [0.717, 1.165) is 32.5 Å². The molecule has 2 N–H and O–H groups in total. The van der Waals surface area contributed by atoms with Gasteiger partial charge in [-0.05, 0) is 33.0 Å². The van der Waals surface area contributed by atoms with E-state index in [1.54, 1.807) is 4.90 Å². The molecule has 0 rings (SSSR count). The summed E-state index contributed by atoms with van der Waals surface area (Å²) in [5.41, 5.74) is 0. The predicted octanol–water partition coefficient (Wildman–Crippen LogP) is 0.0539. The molecule has 0 fully saturated rings. The summed E-state index contributed by atoms with van der Waals surface area (Å²) in [7, 11) is 3.77. The van der Waals surface area contributed by atoms with E-state index in [0.29, 0.717) is 6.54 Å². The smallest absolute Gasteiger partial charge is 0.236 e. The summed E-state index contributed by atoms with van der Waals surface area (Å²) in [5.74, 6) is 0.176. The largest absolute Gasteiger partial charge is 0.345 e. The third kappa shape index (κ3) is 6.86. The Balaban J connectivity index is 3.44. The van der Waals surface area contributed by atoms with Crippen LogP contribution in [0.3, 0.4) is 0 Å². The summed E-state index contributed by atoms with van der Waals surface area (Å²) in [4.78, 5) is 13.2. The molecule has 1 amide bonds. The highest BCUT2D eigenvalue weighted by Crippen LogP contribution is 1.87. The molecular weight excluding hydrogens is 178 g/mol. The van der Waals surface area contributed by atoms with Crippen molar-refractivity contribution in [3.63, 3.8) is 0 Å². The fourth-order valence-electron chi connectivity index (χ4n) is 1.12. The average Bonchev–Trinajstić information content (AvgIpc) is 2.18. The van der Waals surface area contributed by atoms with E-state index in [1.807, 2.05) is 14.1 Å². The van der Waals surface area contributed by atoms with Crippen molar-refractivity contribution in [3.8, 4) is 0 Å². The first-order chi connectivity index (χ1) is 6.72. The molecule has 4 nitrogen and oxygen atoms in total. The highest BCUT2D eigenvalue weighted by molar-refractivity contribution is 5.77. The van der Waals surface area contributed by atoms with E-state index in [2.05, 4.69) is 17.6 Å². The van der Waals surface area contributed by atoms with E-state index in [4.69, 9.17) is 0 Å². The minimum absolute atomic E-state index is 0.176. The van der Waals surface area contributed by atoms with Gasteiger partial charge >= 0.3 is 0 Å². The van der Waals surface area contributed by atoms with Crippen molar-refractivity contribution in [1.29, 1.82) is 0 Å². The molecule has 14 heavy (non-hydrogen) atoms. The van der Waals surface area contributed by atoms with Crippen LogP contribution in [0.5, 0.6) is 0 Å². The monoisotopic (exact) mass is 201 g/mol. The molecule has 4 heteroatoms. The van der Waals surface area contributed by atoms with Gasteiger partial charge in [0.2, 0.25) is 5.91 Å². The van der Waals surface area contributed by atoms with Crippen molar-refractivity contribution >= 4 is 5.91 Å². The van der Waals surface area contributed by atoms with Crippen molar-refractivity contribution in [1.82, 2.24) is 15.5 Å². The van der Waals surface area contributed by atoms with Gasteiger partial charge in [-0.1, -0.05) is 6.92 Å². The van der Waals surface area contributed by atoms with Gasteiger partial charge in [-0.25, -0.2) is 0 Å². The lowest BCUT2D eigenvalue weighted by molar-refractivity contribution is -0.128. The minimum Gasteiger partial charge on any atom is -0.345 e. The molecule has 0 aromatic carbocycles. The van der Waals surface area contributed by atoms with Gasteiger partial charge in [-0.15, -0.1) is 0 Å². The van der Waals surface area contributed by atoms with E-state index in [1.165, 1.54) is 0 Å². The standard InChI is InChI=1S/C10H23N3O/c1-4-6-12-9-10(14)13(3)8-5-7-11-2/h11-12H,4-9H2,1-3H3. The number of carbonyl (C=O) groups is 1. The van der Waals surface area contributed by atoms with Crippen LogP contribution in [-0.2, 0) is 4.79 Å². The summed E-state index contributed by atoms with van der Waals surface area (Å²) in [6.45, 7) is 5.25. The molecule has 0 atom stereocenters. The van der Waals surface area contributed by atoms with Crippen LogP contribution in [0.1, 0.15) is 19.8 Å². The van der Waals surface area contributed by atoms with Crippen molar-refractivity contribution in [2.45, 2.75) is 19.8 Å². The van der Waals surface area contributed by atoms with E-state index in [-0.39, 0.29) is 5.91 Å². The summed E-state index contributed by atoms with van der Waals surface area (Å²) < 4.78 is 0. The van der Waals surface area contributed by atoms with Gasteiger partial charge in [0.15, 0.2) is 0 Å². The first kappa shape index (κ1) is 13.4. The second kappa shape index (κ2) is 8.97. The first-order valence-corrected chi connectivity index (χ1v) is 5.31. The number of rotatable bonds is 8. The Labute approximate surface area is 87.0 Å². The topological polar surface area (TPSA) is 44.4 Å². The fraction of sp³-hybridized carbons (Fsp3) is 0.900. The molecule has 0 spiro atoms. The van der Waals surface area contributed by atoms with Crippen LogP contribution in [0, 0.1) is 0 Å². The molecule has 0 aliphatic rings. The SMILES string of the molecule is CCCNCC(=O)N(C)CCCNC. The molecule has 0 aromatic rings. The highest BCUT2D eigenvalue weighted by atomic mass is 16.2. The Kier molecular flexibility index (Phi) is 8.57. The zero-order valence-electron chi connectivity index (χ0n) is 9.60. The second-order valence-corrected chi connectivity index (χ2v) is 3.45. The molecule has 0 heterocycles. The molecular formula is C10H23N3O. The van der Waals surface area contributed by atoms with Gasteiger partial charge < -0.3 is 15.5 Å². The van der Waals surface area contributed by atoms with Gasteiger partial charge in [0.05, 0.1) is 6.54 Å². The van der Waals surface area contributed by atoms with Gasteiger partial charge in [-0.2, -0.15) is 0 Å². The number of hydrogen-bond donors (Lipinski definition) is 2. The van der Waals surface area contributed by atoms with Crippen LogP contribution in [0.2, 0.25) is 0 Å². The molecule has 0 aliphatic heterocycles. The summed E-state index contributed by atoms with van der Waals surface area (Å²) in [6, 6.07) is 0. The Morgan fingerprint density at radius 3 is 2.64 bits per heavy atom. The number of nitrogens with zero attached hydrogens (tertiary/aromatic N) is 1. The molecule has 0 aliphatic carbocycles. The van der Waals surface area contributed by atoms with Crippen LogP contribution < -0.4 is 10.6 Å². The van der Waals surface area contributed by atoms with Crippen molar-refractivity contribution in [3.05, 3.63) is 0 Å². The second-order valence-electron chi connectivity index (χ2n) is 3.45.